The van der Waals surface area contributed by atoms with Crippen molar-refractivity contribution in [3.8, 4) is 5.75 Å². The Morgan fingerprint density at radius 3 is 2.44 bits per heavy atom. The molecule has 0 aromatic heterocycles. The Labute approximate surface area is 161 Å². The van der Waals surface area contributed by atoms with Crippen molar-refractivity contribution in [3.05, 3.63) is 53.0 Å². The van der Waals surface area contributed by atoms with Gasteiger partial charge in [0.2, 0.25) is 5.91 Å². The first-order valence-electron chi connectivity index (χ1n) is 7.70. The van der Waals surface area contributed by atoms with Crippen molar-refractivity contribution in [2.45, 2.75) is 12.8 Å². The minimum atomic E-state index is -4.82. The number of hydrogen-bond acceptors (Lipinski definition) is 3. The van der Waals surface area contributed by atoms with E-state index in [1.165, 1.54) is 18.2 Å². The Hall–Kier alpha value is -2.75. The number of ether oxygens (including phenoxy) is 1. The molecule has 0 atom stereocenters. The Morgan fingerprint density at radius 1 is 1.11 bits per heavy atom. The van der Waals surface area contributed by atoms with Crippen molar-refractivity contribution in [1.82, 2.24) is 0 Å². The minimum absolute atomic E-state index is 0.00962. The van der Waals surface area contributed by atoms with Crippen LogP contribution in [0.4, 0.5) is 24.5 Å². The predicted octanol–water partition coefficient (Wildman–Crippen LogP) is 4.10. The van der Waals surface area contributed by atoms with Crippen LogP contribution in [0.5, 0.6) is 5.75 Å². The molecule has 0 heterocycles. The number of hydrogen-bond donors (Lipinski definition) is 3. The highest BCUT2D eigenvalue weighted by Crippen LogP contribution is 2.29. The second-order valence-corrected chi connectivity index (χ2v) is 6.16. The summed E-state index contributed by atoms with van der Waals surface area (Å²) in [5.74, 6) is -0.838. The highest BCUT2D eigenvalue weighted by molar-refractivity contribution is 9.10. The third-order valence-electron chi connectivity index (χ3n) is 3.12. The fourth-order valence-electron chi connectivity index (χ4n) is 2.00. The Balaban J connectivity index is 1.87. The van der Waals surface area contributed by atoms with E-state index in [9.17, 15) is 18.0 Å². The number of rotatable bonds is 6. The summed E-state index contributed by atoms with van der Waals surface area (Å²) in [6.07, 6.45) is -4.77. The summed E-state index contributed by atoms with van der Waals surface area (Å²) >= 11 is 3.30. The lowest BCUT2D eigenvalue weighted by molar-refractivity contribution is -0.274. The van der Waals surface area contributed by atoms with Crippen LogP contribution in [0.1, 0.15) is 6.42 Å². The SMILES string of the molecule is NC(=NCCC(=O)Nc1ccc(Br)cc1)Nc1ccccc1OC(F)(F)F. The first kappa shape index (κ1) is 20.6. The number of para-hydroxylation sites is 2. The molecular weight excluding hydrogens is 429 g/mol. The van der Waals surface area contributed by atoms with E-state index in [0.717, 1.165) is 10.5 Å². The molecule has 0 aliphatic rings. The largest absolute Gasteiger partial charge is 0.573 e. The quantitative estimate of drug-likeness (QED) is 0.462. The Bertz CT molecular complexity index is 811. The third-order valence-corrected chi connectivity index (χ3v) is 3.65. The molecule has 0 saturated carbocycles. The van der Waals surface area contributed by atoms with Crippen molar-refractivity contribution in [1.29, 1.82) is 0 Å². The molecule has 0 radical (unpaired) electrons. The van der Waals surface area contributed by atoms with Crippen LogP contribution in [0.3, 0.4) is 0 Å². The molecule has 27 heavy (non-hydrogen) atoms. The summed E-state index contributed by atoms with van der Waals surface area (Å²) in [4.78, 5) is 15.8. The average molecular weight is 445 g/mol. The highest BCUT2D eigenvalue weighted by atomic mass is 79.9. The smallest absolute Gasteiger partial charge is 0.404 e. The van der Waals surface area contributed by atoms with Crippen molar-refractivity contribution < 1.29 is 22.7 Å². The molecule has 0 fully saturated rings. The number of nitrogens with zero attached hydrogens (tertiary/aromatic N) is 1. The topological polar surface area (TPSA) is 88.7 Å². The van der Waals surface area contributed by atoms with E-state index in [4.69, 9.17) is 5.73 Å². The third kappa shape index (κ3) is 7.57. The lowest BCUT2D eigenvalue weighted by Gasteiger charge is -2.14. The van der Waals surface area contributed by atoms with Gasteiger partial charge in [0.1, 0.15) is 0 Å². The van der Waals surface area contributed by atoms with Gasteiger partial charge in [-0.2, -0.15) is 0 Å². The molecule has 0 bridgehead atoms. The monoisotopic (exact) mass is 444 g/mol. The van der Waals surface area contributed by atoms with Crippen molar-refractivity contribution in [3.63, 3.8) is 0 Å². The number of nitrogens with two attached hydrogens (primary N) is 1. The van der Waals surface area contributed by atoms with E-state index in [0.29, 0.717) is 5.69 Å². The maximum atomic E-state index is 12.4. The highest BCUT2D eigenvalue weighted by Gasteiger charge is 2.32. The molecule has 10 heteroatoms. The van der Waals surface area contributed by atoms with Gasteiger partial charge < -0.3 is 21.1 Å². The summed E-state index contributed by atoms with van der Waals surface area (Å²) in [5, 5.41) is 5.22. The van der Waals surface area contributed by atoms with Crippen LogP contribution in [-0.2, 0) is 4.79 Å². The minimum Gasteiger partial charge on any atom is -0.404 e. The molecule has 2 rings (SSSR count). The molecule has 0 aliphatic heterocycles. The predicted molar refractivity (Wildman–Crippen MR) is 101 cm³/mol. The van der Waals surface area contributed by atoms with Gasteiger partial charge in [0.05, 0.1) is 12.2 Å². The van der Waals surface area contributed by atoms with E-state index >= 15 is 0 Å². The van der Waals surface area contributed by atoms with Crippen LogP contribution in [0, 0.1) is 0 Å². The standard InChI is InChI=1S/C17H16BrF3N4O2/c18-11-5-7-12(8-6-11)24-15(26)9-10-23-16(22)25-13-3-1-2-4-14(13)27-17(19,20)21/h1-8H,9-10H2,(H,24,26)(H3,22,23,25). The average Bonchev–Trinajstić information content (AvgIpc) is 2.57. The van der Waals surface area contributed by atoms with Crippen LogP contribution in [0.2, 0.25) is 0 Å². The number of anilines is 2. The fourth-order valence-corrected chi connectivity index (χ4v) is 2.26. The first-order chi connectivity index (χ1) is 12.7. The molecule has 6 nitrogen and oxygen atoms in total. The Kier molecular flexibility index (Phi) is 7.05. The summed E-state index contributed by atoms with van der Waals surface area (Å²) < 4.78 is 42.0. The number of aliphatic imine (C=N–C) groups is 1. The number of halogens is 4. The number of guanidine groups is 1. The maximum absolute atomic E-state index is 12.4. The number of nitrogens with one attached hydrogen (secondary N) is 2. The number of carbonyl (C=O) groups is 1. The molecule has 0 aliphatic carbocycles. The van der Waals surface area contributed by atoms with Gasteiger partial charge in [-0.3, -0.25) is 9.79 Å². The summed E-state index contributed by atoms with van der Waals surface area (Å²) in [6.45, 7) is 0.0590. The summed E-state index contributed by atoms with van der Waals surface area (Å²) in [6, 6.07) is 12.5. The number of amides is 1. The molecule has 144 valence electrons. The van der Waals surface area contributed by atoms with Gasteiger partial charge >= 0.3 is 6.36 Å². The number of alkyl halides is 3. The normalized spacial score (nSPS) is 11.8. The maximum Gasteiger partial charge on any atom is 0.573 e. The van der Waals surface area contributed by atoms with Gasteiger partial charge in [-0.05, 0) is 36.4 Å². The Morgan fingerprint density at radius 2 is 1.78 bits per heavy atom. The van der Waals surface area contributed by atoms with Crippen LogP contribution < -0.4 is 21.1 Å². The number of benzene rings is 2. The zero-order valence-electron chi connectivity index (χ0n) is 13.9. The first-order valence-corrected chi connectivity index (χ1v) is 8.49. The van der Waals surface area contributed by atoms with Crippen LogP contribution in [0.15, 0.2) is 58.0 Å². The molecular formula is C17H16BrF3N4O2. The fraction of sp³-hybridized carbons (Fsp3) is 0.176. The molecule has 0 saturated heterocycles. The number of carbonyl (C=O) groups excluding carboxylic acids is 1. The molecule has 2 aromatic rings. The zero-order chi connectivity index (χ0) is 19.9. The van der Waals surface area contributed by atoms with Gasteiger partial charge in [-0.15, -0.1) is 13.2 Å². The summed E-state index contributed by atoms with van der Waals surface area (Å²) in [5.41, 5.74) is 6.30. The molecule has 0 spiro atoms. The summed E-state index contributed by atoms with van der Waals surface area (Å²) in [7, 11) is 0. The van der Waals surface area contributed by atoms with E-state index in [1.807, 2.05) is 0 Å². The van der Waals surface area contributed by atoms with Gasteiger partial charge in [0.15, 0.2) is 11.7 Å². The molecule has 2 aromatic carbocycles. The van der Waals surface area contributed by atoms with Gasteiger partial charge in [0, 0.05) is 16.6 Å². The zero-order valence-corrected chi connectivity index (χ0v) is 15.5. The van der Waals surface area contributed by atoms with Crippen LogP contribution in [-0.4, -0.2) is 24.8 Å². The van der Waals surface area contributed by atoms with Crippen LogP contribution in [0.25, 0.3) is 0 Å². The van der Waals surface area contributed by atoms with Gasteiger partial charge in [0.25, 0.3) is 0 Å². The second kappa shape index (κ2) is 9.26. The van der Waals surface area contributed by atoms with Crippen LogP contribution >= 0.6 is 15.9 Å². The van der Waals surface area contributed by atoms with Gasteiger partial charge in [-0.25, -0.2) is 0 Å². The second-order valence-electron chi connectivity index (χ2n) is 5.24. The molecule has 4 N–H and O–H groups in total. The van der Waals surface area contributed by atoms with Crippen molar-refractivity contribution >= 4 is 39.2 Å². The van der Waals surface area contributed by atoms with Crippen molar-refractivity contribution in [2.75, 3.05) is 17.2 Å². The van der Waals surface area contributed by atoms with E-state index in [1.54, 1.807) is 24.3 Å². The molecule has 0 unspecified atom stereocenters. The lowest BCUT2D eigenvalue weighted by atomic mass is 10.3. The van der Waals surface area contributed by atoms with E-state index in [2.05, 4.69) is 36.3 Å². The van der Waals surface area contributed by atoms with E-state index in [-0.39, 0.29) is 30.5 Å². The van der Waals surface area contributed by atoms with Crippen molar-refractivity contribution in [2.24, 2.45) is 10.7 Å². The molecule has 1 amide bonds. The van der Waals surface area contributed by atoms with E-state index < -0.39 is 12.1 Å². The van der Waals surface area contributed by atoms with Gasteiger partial charge in [-0.1, -0.05) is 28.1 Å². The lowest BCUT2D eigenvalue weighted by Crippen LogP contribution is -2.25.